The number of hydrogen-bond acceptors (Lipinski definition) is 4. The zero-order chi connectivity index (χ0) is 15.9. The maximum Gasteiger partial charge on any atom is 0.222 e. The number of fused-ring (bicyclic) bond motifs is 2. The number of benzene rings is 1. The molecule has 0 amide bonds. The van der Waals surface area contributed by atoms with Gasteiger partial charge in [-0.3, -0.25) is 0 Å². The first-order valence-electron chi connectivity index (χ1n) is 8.71. The number of rotatable bonds is 3. The largest absolute Gasteiger partial charge is 0.361 e. The summed E-state index contributed by atoms with van der Waals surface area (Å²) in [5, 5.41) is 8.63. The minimum atomic E-state index is 0.558. The summed E-state index contributed by atoms with van der Waals surface area (Å²) in [7, 11) is 0. The van der Waals surface area contributed by atoms with Crippen molar-refractivity contribution in [3.63, 3.8) is 0 Å². The monoisotopic (exact) mass is 319 g/mol. The lowest BCUT2D eigenvalue weighted by molar-refractivity contribution is 0.276. The average molecular weight is 319 g/mol. The van der Waals surface area contributed by atoms with Gasteiger partial charge in [-0.1, -0.05) is 12.1 Å². The number of piperidine rings is 1. The molecule has 0 unspecified atom stereocenters. The third kappa shape index (κ3) is 2.27. The van der Waals surface area contributed by atoms with Crippen LogP contribution in [0.4, 0.5) is 5.95 Å². The molecule has 0 spiro atoms. The standard InChI is InChI=1S/C19H21N5/c1-3-14-15-7-12(10-24-19-20-5-2-6-21-19)9-22-17(15)8-13-11-23-16(4-1)18(13)14/h1-6,11-12,15,17,22-23H,7-10H2,(H,20,21,24)/t12-,15-,17-/m1/s1. The Balaban J connectivity index is 1.37. The second-order valence-corrected chi connectivity index (χ2v) is 6.96. The lowest BCUT2D eigenvalue weighted by Gasteiger charge is -2.40. The molecule has 5 nitrogen and oxygen atoms in total. The second-order valence-electron chi connectivity index (χ2n) is 6.96. The molecule has 24 heavy (non-hydrogen) atoms. The van der Waals surface area contributed by atoms with Crippen molar-refractivity contribution in [3.8, 4) is 0 Å². The van der Waals surface area contributed by atoms with Crippen molar-refractivity contribution in [2.45, 2.75) is 24.8 Å². The first-order chi connectivity index (χ1) is 11.9. The Morgan fingerprint density at radius 1 is 1.17 bits per heavy atom. The molecular weight excluding hydrogens is 298 g/mol. The molecule has 3 atom stereocenters. The van der Waals surface area contributed by atoms with Crippen LogP contribution in [0.3, 0.4) is 0 Å². The Hall–Kier alpha value is -2.40. The Kier molecular flexibility index (Phi) is 3.26. The third-order valence-electron chi connectivity index (χ3n) is 5.52. The first-order valence-corrected chi connectivity index (χ1v) is 8.71. The van der Waals surface area contributed by atoms with Gasteiger partial charge in [0, 0.05) is 48.0 Å². The van der Waals surface area contributed by atoms with Crippen molar-refractivity contribution in [2.75, 3.05) is 18.4 Å². The number of aromatic amines is 1. The molecule has 122 valence electrons. The maximum atomic E-state index is 4.25. The van der Waals surface area contributed by atoms with Gasteiger partial charge in [0.05, 0.1) is 0 Å². The van der Waals surface area contributed by atoms with E-state index in [0.29, 0.717) is 17.9 Å². The molecule has 1 saturated heterocycles. The van der Waals surface area contributed by atoms with E-state index in [4.69, 9.17) is 0 Å². The molecule has 5 heteroatoms. The lowest BCUT2D eigenvalue weighted by Crippen LogP contribution is -2.48. The summed E-state index contributed by atoms with van der Waals surface area (Å²) in [4.78, 5) is 11.9. The van der Waals surface area contributed by atoms with E-state index in [9.17, 15) is 0 Å². The minimum Gasteiger partial charge on any atom is -0.361 e. The van der Waals surface area contributed by atoms with Crippen molar-refractivity contribution < 1.29 is 0 Å². The number of H-pyrrole nitrogens is 1. The van der Waals surface area contributed by atoms with Gasteiger partial charge in [-0.15, -0.1) is 0 Å². The van der Waals surface area contributed by atoms with Gasteiger partial charge in [0.25, 0.3) is 0 Å². The van der Waals surface area contributed by atoms with E-state index in [0.717, 1.165) is 25.5 Å². The van der Waals surface area contributed by atoms with E-state index in [1.54, 1.807) is 12.4 Å². The Morgan fingerprint density at radius 3 is 3.00 bits per heavy atom. The van der Waals surface area contributed by atoms with Crippen LogP contribution in [-0.2, 0) is 6.42 Å². The number of nitrogens with zero attached hydrogens (tertiary/aromatic N) is 2. The topological polar surface area (TPSA) is 65.6 Å². The molecule has 5 rings (SSSR count). The first kappa shape index (κ1) is 14.0. The maximum absolute atomic E-state index is 4.25. The van der Waals surface area contributed by atoms with E-state index < -0.39 is 0 Å². The predicted molar refractivity (Wildman–Crippen MR) is 95.2 cm³/mol. The molecule has 1 aliphatic carbocycles. The van der Waals surface area contributed by atoms with Gasteiger partial charge in [0.1, 0.15) is 0 Å². The van der Waals surface area contributed by atoms with Crippen LogP contribution in [0.15, 0.2) is 42.9 Å². The third-order valence-corrected chi connectivity index (χ3v) is 5.52. The van der Waals surface area contributed by atoms with E-state index in [2.05, 4.69) is 50.0 Å². The van der Waals surface area contributed by atoms with Gasteiger partial charge >= 0.3 is 0 Å². The highest BCUT2D eigenvalue weighted by molar-refractivity contribution is 5.88. The second kappa shape index (κ2) is 5.60. The molecule has 3 aromatic rings. The molecule has 2 aliphatic rings. The van der Waals surface area contributed by atoms with Crippen LogP contribution in [0.2, 0.25) is 0 Å². The van der Waals surface area contributed by atoms with Crippen LogP contribution in [0, 0.1) is 5.92 Å². The number of aromatic nitrogens is 3. The molecule has 0 radical (unpaired) electrons. The van der Waals surface area contributed by atoms with Crippen LogP contribution < -0.4 is 10.6 Å². The normalized spacial score (nSPS) is 25.4. The zero-order valence-corrected chi connectivity index (χ0v) is 13.5. The summed E-state index contributed by atoms with van der Waals surface area (Å²) < 4.78 is 0. The van der Waals surface area contributed by atoms with Crippen molar-refractivity contribution in [1.82, 2.24) is 20.3 Å². The van der Waals surface area contributed by atoms with Gasteiger partial charge < -0.3 is 15.6 Å². The molecule has 0 saturated carbocycles. The van der Waals surface area contributed by atoms with Crippen molar-refractivity contribution in [1.29, 1.82) is 0 Å². The molecule has 2 aromatic heterocycles. The van der Waals surface area contributed by atoms with E-state index >= 15 is 0 Å². The van der Waals surface area contributed by atoms with Crippen molar-refractivity contribution >= 4 is 16.9 Å². The summed E-state index contributed by atoms with van der Waals surface area (Å²) in [6, 6.07) is 9.08. The molecule has 0 bridgehead atoms. The molecular formula is C19H21N5. The predicted octanol–water partition coefficient (Wildman–Crippen LogP) is 2.69. The van der Waals surface area contributed by atoms with Gasteiger partial charge in [-0.25, -0.2) is 9.97 Å². The van der Waals surface area contributed by atoms with Crippen LogP contribution >= 0.6 is 0 Å². The number of nitrogens with one attached hydrogen (secondary N) is 3. The van der Waals surface area contributed by atoms with Crippen LogP contribution in [0.5, 0.6) is 0 Å². The molecule has 1 aliphatic heterocycles. The Bertz CT molecular complexity index is 857. The molecule has 1 aromatic carbocycles. The highest BCUT2D eigenvalue weighted by Crippen LogP contribution is 2.41. The fourth-order valence-corrected chi connectivity index (χ4v) is 4.40. The molecule has 1 fully saturated rings. The van der Waals surface area contributed by atoms with E-state index in [1.165, 1.54) is 28.5 Å². The summed E-state index contributed by atoms with van der Waals surface area (Å²) in [5.41, 5.74) is 4.25. The Morgan fingerprint density at radius 2 is 2.08 bits per heavy atom. The van der Waals surface area contributed by atoms with Gasteiger partial charge in [0.15, 0.2) is 0 Å². The summed E-state index contributed by atoms with van der Waals surface area (Å²) in [6.45, 7) is 1.97. The number of anilines is 1. The molecule has 3 N–H and O–H groups in total. The SMILES string of the molecule is c1cnc(NC[C@H]2CN[C@@H]3Cc4c[nH]c5cccc(c45)[C@H]3C2)nc1. The van der Waals surface area contributed by atoms with Crippen LogP contribution in [0.1, 0.15) is 23.5 Å². The smallest absolute Gasteiger partial charge is 0.222 e. The summed E-state index contributed by atoms with van der Waals surface area (Å²) in [6.07, 6.45) is 8.08. The average Bonchev–Trinajstić information content (AvgIpc) is 3.06. The fraction of sp³-hybridized carbons (Fsp3) is 0.368. The molecule has 3 heterocycles. The lowest BCUT2D eigenvalue weighted by atomic mass is 9.73. The zero-order valence-electron chi connectivity index (χ0n) is 13.5. The van der Waals surface area contributed by atoms with Crippen molar-refractivity contribution in [2.24, 2.45) is 5.92 Å². The highest BCUT2D eigenvalue weighted by atomic mass is 15.1. The van der Waals surface area contributed by atoms with E-state index in [-0.39, 0.29) is 0 Å². The van der Waals surface area contributed by atoms with Gasteiger partial charge in [0.2, 0.25) is 5.95 Å². The van der Waals surface area contributed by atoms with Crippen LogP contribution in [-0.4, -0.2) is 34.1 Å². The highest BCUT2D eigenvalue weighted by Gasteiger charge is 2.36. The van der Waals surface area contributed by atoms with Crippen LogP contribution in [0.25, 0.3) is 10.9 Å². The fourth-order valence-electron chi connectivity index (χ4n) is 4.40. The Labute approximate surface area is 140 Å². The van der Waals surface area contributed by atoms with E-state index in [1.807, 2.05) is 6.07 Å². The summed E-state index contributed by atoms with van der Waals surface area (Å²) >= 11 is 0. The van der Waals surface area contributed by atoms with Gasteiger partial charge in [-0.2, -0.15) is 0 Å². The van der Waals surface area contributed by atoms with Gasteiger partial charge in [-0.05, 0) is 48.6 Å². The van der Waals surface area contributed by atoms with Crippen molar-refractivity contribution in [3.05, 3.63) is 54.0 Å². The summed E-state index contributed by atoms with van der Waals surface area (Å²) in [5.74, 6) is 1.90. The quantitative estimate of drug-likeness (QED) is 0.694. The minimum absolute atomic E-state index is 0.558. The number of hydrogen-bond donors (Lipinski definition) is 3.